The van der Waals surface area contributed by atoms with Crippen molar-refractivity contribution in [2.24, 2.45) is 5.92 Å². The fraction of sp³-hybridized carbons (Fsp3) is 0.643. The van der Waals surface area contributed by atoms with Gasteiger partial charge in [0.25, 0.3) is 0 Å². The molecule has 0 radical (unpaired) electrons. The van der Waals surface area contributed by atoms with Crippen molar-refractivity contribution in [3.63, 3.8) is 0 Å². The molecule has 0 saturated carbocycles. The largest absolute Gasteiger partial charge is 0.469 e. The Morgan fingerprint density at radius 1 is 1.45 bits per heavy atom. The number of hydrogen-bond acceptors (Lipinski definition) is 5. The van der Waals surface area contributed by atoms with E-state index in [-0.39, 0.29) is 24.7 Å². The van der Waals surface area contributed by atoms with E-state index >= 15 is 0 Å². The van der Waals surface area contributed by atoms with E-state index in [1.165, 1.54) is 24.8 Å². The van der Waals surface area contributed by atoms with Crippen molar-refractivity contribution in [1.29, 1.82) is 0 Å². The molecule has 2 rings (SSSR count). The highest BCUT2D eigenvalue weighted by atomic mass is 32.1. The number of carbonyl (C=O) groups excluding carboxylic acids is 2. The number of aromatic nitrogens is 1. The monoisotopic (exact) mass is 296 g/mol. The van der Waals surface area contributed by atoms with Gasteiger partial charge in [-0.05, 0) is 25.2 Å². The van der Waals surface area contributed by atoms with Crippen LogP contribution in [-0.4, -0.2) is 24.0 Å². The number of anilines is 1. The Morgan fingerprint density at radius 3 is 2.95 bits per heavy atom. The van der Waals surface area contributed by atoms with E-state index in [1.54, 1.807) is 11.3 Å². The second kappa shape index (κ2) is 6.83. The minimum Gasteiger partial charge on any atom is -0.469 e. The fourth-order valence-electron chi connectivity index (χ4n) is 2.34. The van der Waals surface area contributed by atoms with Crippen molar-refractivity contribution in [1.82, 2.24) is 4.98 Å². The molecule has 6 heteroatoms. The zero-order chi connectivity index (χ0) is 14.5. The topological polar surface area (TPSA) is 68.3 Å². The second-order valence-corrected chi connectivity index (χ2v) is 6.11. The summed E-state index contributed by atoms with van der Waals surface area (Å²) in [6.45, 7) is 2.21. The molecule has 1 aliphatic rings. The van der Waals surface area contributed by atoms with Gasteiger partial charge in [-0.15, -0.1) is 11.3 Å². The summed E-state index contributed by atoms with van der Waals surface area (Å²) in [5.41, 5.74) is 1.13. The smallest absolute Gasteiger partial charge is 0.306 e. The zero-order valence-electron chi connectivity index (χ0n) is 11.9. The lowest BCUT2D eigenvalue weighted by Gasteiger charge is -2.18. The number of esters is 1. The molecule has 0 fully saturated rings. The Balaban J connectivity index is 1.89. The number of thiazole rings is 1. The van der Waals surface area contributed by atoms with Gasteiger partial charge in [0.2, 0.25) is 5.91 Å². The highest BCUT2D eigenvalue weighted by Crippen LogP contribution is 2.33. The summed E-state index contributed by atoms with van der Waals surface area (Å²) in [7, 11) is 1.32. The fourth-order valence-corrected chi connectivity index (χ4v) is 3.48. The molecule has 20 heavy (non-hydrogen) atoms. The number of nitrogens with zero attached hydrogens (tertiary/aromatic N) is 1. The van der Waals surface area contributed by atoms with Gasteiger partial charge in [-0.25, -0.2) is 4.98 Å². The number of carbonyl (C=O) groups is 2. The van der Waals surface area contributed by atoms with Crippen LogP contribution in [0.2, 0.25) is 0 Å². The lowest BCUT2D eigenvalue weighted by Crippen LogP contribution is -2.14. The van der Waals surface area contributed by atoms with E-state index in [4.69, 9.17) is 0 Å². The molecule has 0 bridgehead atoms. The maximum absolute atomic E-state index is 11.7. The van der Waals surface area contributed by atoms with Gasteiger partial charge in [0.05, 0.1) is 19.2 Å². The van der Waals surface area contributed by atoms with Crippen LogP contribution >= 0.6 is 11.3 Å². The Labute approximate surface area is 122 Å². The summed E-state index contributed by atoms with van der Waals surface area (Å²) < 4.78 is 4.51. The van der Waals surface area contributed by atoms with Gasteiger partial charge in [-0.3, -0.25) is 9.59 Å². The molecule has 1 amide bonds. The predicted octanol–water partition coefficient (Wildman–Crippen LogP) is 2.55. The molecule has 1 atom stereocenters. The maximum Gasteiger partial charge on any atom is 0.306 e. The van der Waals surface area contributed by atoms with Crippen LogP contribution < -0.4 is 5.32 Å². The van der Waals surface area contributed by atoms with Crippen LogP contribution in [-0.2, 0) is 27.2 Å². The highest BCUT2D eigenvalue weighted by molar-refractivity contribution is 7.15. The van der Waals surface area contributed by atoms with Crippen molar-refractivity contribution < 1.29 is 14.3 Å². The third-order valence-corrected chi connectivity index (χ3v) is 4.68. The molecule has 5 nitrogen and oxygen atoms in total. The first kappa shape index (κ1) is 15.0. The van der Waals surface area contributed by atoms with Gasteiger partial charge in [-0.1, -0.05) is 13.3 Å². The van der Waals surface area contributed by atoms with Crippen molar-refractivity contribution in [2.45, 2.75) is 45.4 Å². The van der Waals surface area contributed by atoms with Crippen LogP contribution in [0.15, 0.2) is 0 Å². The number of hydrogen-bond donors (Lipinski definition) is 1. The van der Waals surface area contributed by atoms with Crippen LogP contribution in [0, 0.1) is 5.92 Å². The first-order chi connectivity index (χ1) is 9.62. The molecule has 0 spiro atoms. The van der Waals surface area contributed by atoms with Gasteiger partial charge in [0.15, 0.2) is 5.13 Å². The molecule has 0 aromatic carbocycles. The zero-order valence-corrected chi connectivity index (χ0v) is 12.7. The lowest BCUT2D eigenvalue weighted by atomic mass is 9.89. The van der Waals surface area contributed by atoms with Crippen LogP contribution in [0.3, 0.4) is 0 Å². The Kier molecular flexibility index (Phi) is 5.11. The highest BCUT2D eigenvalue weighted by Gasteiger charge is 2.22. The summed E-state index contributed by atoms with van der Waals surface area (Å²) in [5.74, 6) is 0.184. The molecule has 1 heterocycles. The molecular weight excluding hydrogens is 276 g/mol. The third kappa shape index (κ3) is 3.79. The minimum absolute atomic E-state index is 0.103. The number of amides is 1. The van der Waals surface area contributed by atoms with Gasteiger partial charge < -0.3 is 10.1 Å². The molecule has 0 saturated heterocycles. The number of ether oxygens (including phenoxy) is 1. The van der Waals surface area contributed by atoms with Crippen molar-refractivity contribution in [3.05, 3.63) is 10.6 Å². The summed E-state index contributed by atoms with van der Waals surface area (Å²) in [5, 5.41) is 3.43. The van der Waals surface area contributed by atoms with Crippen molar-refractivity contribution >= 4 is 28.3 Å². The van der Waals surface area contributed by atoms with E-state index in [1.807, 2.05) is 0 Å². The first-order valence-corrected chi connectivity index (χ1v) is 7.79. The number of aryl methyl sites for hydroxylation is 1. The third-order valence-electron chi connectivity index (χ3n) is 3.65. The van der Waals surface area contributed by atoms with E-state index in [0.717, 1.165) is 24.5 Å². The lowest BCUT2D eigenvalue weighted by molar-refractivity contribution is -0.141. The Hall–Kier alpha value is -1.43. The Bertz CT molecular complexity index is 499. The minimum atomic E-state index is -0.371. The Morgan fingerprint density at radius 2 is 2.25 bits per heavy atom. The predicted molar refractivity (Wildman–Crippen MR) is 77.8 cm³/mol. The summed E-state index contributed by atoms with van der Waals surface area (Å²) >= 11 is 1.56. The number of methoxy groups -OCH3 is 1. The molecule has 1 aromatic rings. The van der Waals surface area contributed by atoms with Gasteiger partial charge >= 0.3 is 5.97 Å². The van der Waals surface area contributed by atoms with Gasteiger partial charge in [0.1, 0.15) is 0 Å². The van der Waals surface area contributed by atoms with Crippen LogP contribution in [0.4, 0.5) is 5.13 Å². The number of rotatable bonds is 5. The molecule has 1 N–H and O–H groups in total. The quantitative estimate of drug-likeness (QED) is 0.848. The summed E-state index contributed by atoms with van der Waals surface area (Å²) in [6.07, 6.45) is 4.69. The molecular formula is C14H20N2O3S. The van der Waals surface area contributed by atoms with Crippen LogP contribution in [0.1, 0.15) is 43.2 Å². The molecule has 110 valence electrons. The van der Waals surface area contributed by atoms with Crippen molar-refractivity contribution in [2.75, 3.05) is 12.4 Å². The molecule has 0 aliphatic heterocycles. The number of nitrogens with one attached hydrogen (secondary N) is 1. The molecule has 1 aliphatic carbocycles. The molecule has 1 aromatic heterocycles. The van der Waals surface area contributed by atoms with Gasteiger partial charge in [0, 0.05) is 11.3 Å². The standard InChI is InChI=1S/C14H20N2O3S/c1-3-9-4-5-10-11(8-9)20-14(15-10)16-12(17)6-7-13(18)19-2/h9H,3-8H2,1-2H3,(H,15,16,17). The second-order valence-electron chi connectivity index (χ2n) is 5.03. The normalized spacial score (nSPS) is 17.4. The van der Waals surface area contributed by atoms with E-state index in [9.17, 15) is 9.59 Å². The maximum atomic E-state index is 11.7. The van der Waals surface area contributed by atoms with Crippen molar-refractivity contribution in [3.8, 4) is 0 Å². The average molecular weight is 296 g/mol. The van der Waals surface area contributed by atoms with E-state index in [2.05, 4.69) is 22.0 Å². The summed E-state index contributed by atoms with van der Waals surface area (Å²) in [6, 6.07) is 0. The van der Waals surface area contributed by atoms with Crippen LogP contribution in [0.5, 0.6) is 0 Å². The van der Waals surface area contributed by atoms with E-state index in [0.29, 0.717) is 5.13 Å². The van der Waals surface area contributed by atoms with Crippen LogP contribution in [0.25, 0.3) is 0 Å². The summed E-state index contributed by atoms with van der Waals surface area (Å²) in [4.78, 5) is 28.5. The van der Waals surface area contributed by atoms with Gasteiger partial charge in [-0.2, -0.15) is 0 Å². The number of fused-ring (bicyclic) bond motifs is 1. The SMILES string of the molecule is CCC1CCc2nc(NC(=O)CCC(=O)OC)sc2C1. The molecule has 1 unspecified atom stereocenters. The average Bonchev–Trinajstić information content (AvgIpc) is 2.85. The first-order valence-electron chi connectivity index (χ1n) is 6.97. The van der Waals surface area contributed by atoms with E-state index < -0.39 is 0 Å².